The monoisotopic (exact) mass is 253 g/mol. The molecule has 0 aromatic carbocycles. The third-order valence-electron chi connectivity index (χ3n) is 0.558. The van der Waals surface area contributed by atoms with Crippen LogP contribution in [0, 0.1) is 0 Å². The van der Waals surface area contributed by atoms with Gasteiger partial charge in [0, 0.05) is 25.8 Å². The van der Waals surface area contributed by atoms with E-state index in [1.54, 1.807) is 0 Å². The van der Waals surface area contributed by atoms with Crippen LogP contribution in [0.15, 0.2) is 0 Å². The normalized spacial score (nSPS) is 7.00. The predicted octanol–water partition coefficient (Wildman–Crippen LogP) is 0.743. The third kappa shape index (κ3) is 8.85. The quantitative estimate of drug-likeness (QED) is 0.720. The van der Waals surface area contributed by atoms with Crippen molar-refractivity contribution in [3.05, 3.63) is 0 Å². The van der Waals surface area contributed by atoms with Gasteiger partial charge in [0.25, 0.3) is 0 Å². The summed E-state index contributed by atoms with van der Waals surface area (Å²) in [6.45, 7) is 2.98. The van der Waals surface area contributed by atoms with Gasteiger partial charge in [-0.25, -0.2) is 0 Å². The van der Waals surface area contributed by atoms with Crippen molar-refractivity contribution in [3.63, 3.8) is 0 Å². The standard InChI is InChI=1S/C4H11N.Hf/c1-2-3-4-5;/h2-5H2,1H3;. The molecule has 36 valence electrons. The zero-order chi connectivity index (χ0) is 4.12. The van der Waals surface area contributed by atoms with E-state index >= 15 is 0 Å². The summed E-state index contributed by atoms with van der Waals surface area (Å²) in [6, 6.07) is 0. The van der Waals surface area contributed by atoms with Crippen molar-refractivity contribution in [1.82, 2.24) is 0 Å². The molecular formula is C4H11HfN. The van der Waals surface area contributed by atoms with Crippen LogP contribution in [0.1, 0.15) is 19.8 Å². The Kier molecular flexibility index (Phi) is 15.4. The molecule has 0 saturated heterocycles. The second kappa shape index (κ2) is 9.27. The van der Waals surface area contributed by atoms with Gasteiger partial charge in [0.2, 0.25) is 0 Å². The van der Waals surface area contributed by atoms with Crippen LogP contribution in [0.3, 0.4) is 0 Å². The van der Waals surface area contributed by atoms with E-state index in [1.807, 2.05) is 0 Å². The number of hydrogen-bond acceptors (Lipinski definition) is 1. The van der Waals surface area contributed by atoms with E-state index in [9.17, 15) is 0 Å². The molecule has 0 aliphatic heterocycles. The molecule has 2 heteroatoms. The molecule has 0 heterocycles. The Balaban J connectivity index is 0. The van der Waals surface area contributed by atoms with Gasteiger partial charge in [-0.1, -0.05) is 13.3 Å². The van der Waals surface area contributed by atoms with Crippen LogP contribution in [0.5, 0.6) is 0 Å². The minimum atomic E-state index is 0. The van der Waals surface area contributed by atoms with E-state index in [2.05, 4.69) is 6.92 Å². The Labute approximate surface area is 58.1 Å². The van der Waals surface area contributed by atoms with Crippen LogP contribution in [-0.2, 0) is 25.8 Å². The van der Waals surface area contributed by atoms with Crippen molar-refractivity contribution in [1.29, 1.82) is 0 Å². The molecule has 2 N–H and O–H groups in total. The molecule has 6 heavy (non-hydrogen) atoms. The van der Waals surface area contributed by atoms with Gasteiger partial charge in [-0.05, 0) is 13.0 Å². The van der Waals surface area contributed by atoms with E-state index in [1.165, 1.54) is 12.8 Å². The van der Waals surface area contributed by atoms with E-state index in [0.717, 1.165) is 6.54 Å². The number of rotatable bonds is 2. The summed E-state index contributed by atoms with van der Waals surface area (Å²) in [4.78, 5) is 0. The zero-order valence-electron chi connectivity index (χ0n) is 4.20. The Bertz CT molecular complexity index is 15.0. The fourth-order valence-corrected chi connectivity index (χ4v) is 0.204. The Hall–Kier alpha value is 0.830. The molecule has 0 aliphatic carbocycles. The van der Waals surface area contributed by atoms with Gasteiger partial charge in [0.15, 0.2) is 0 Å². The molecule has 0 spiro atoms. The fraction of sp³-hybridized carbons (Fsp3) is 1.00. The zero-order valence-corrected chi connectivity index (χ0v) is 7.79. The molecule has 1 nitrogen and oxygen atoms in total. The number of nitrogens with two attached hydrogens (primary N) is 1. The molecule has 0 fully saturated rings. The largest absolute Gasteiger partial charge is 0.330 e. The van der Waals surface area contributed by atoms with E-state index in [4.69, 9.17) is 5.73 Å². The van der Waals surface area contributed by atoms with Gasteiger partial charge in [-0.15, -0.1) is 0 Å². The minimum Gasteiger partial charge on any atom is -0.330 e. The maximum atomic E-state index is 5.14. The summed E-state index contributed by atoms with van der Waals surface area (Å²) >= 11 is 0. The second-order valence-electron chi connectivity index (χ2n) is 1.14. The van der Waals surface area contributed by atoms with Crippen LogP contribution < -0.4 is 5.73 Å². The molecule has 0 rings (SSSR count). The first-order valence-corrected chi connectivity index (χ1v) is 2.12. The van der Waals surface area contributed by atoms with E-state index in [0.29, 0.717) is 0 Å². The number of unbranched alkanes of at least 4 members (excludes halogenated alkanes) is 1. The van der Waals surface area contributed by atoms with Crippen molar-refractivity contribution in [2.75, 3.05) is 6.54 Å². The van der Waals surface area contributed by atoms with Crippen LogP contribution in [0.4, 0.5) is 0 Å². The van der Waals surface area contributed by atoms with E-state index in [-0.39, 0.29) is 25.8 Å². The Morgan fingerprint density at radius 2 is 2.00 bits per heavy atom. The molecule has 0 saturated carbocycles. The minimum absolute atomic E-state index is 0. The number of hydrogen-bond donors (Lipinski definition) is 1. The molecular weight excluding hydrogens is 241 g/mol. The average Bonchev–Trinajstić information content (AvgIpc) is 1.41. The molecule has 0 unspecified atom stereocenters. The molecule has 0 aliphatic rings. The van der Waals surface area contributed by atoms with Gasteiger partial charge >= 0.3 is 0 Å². The van der Waals surface area contributed by atoms with Crippen molar-refractivity contribution in [2.24, 2.45) is 5.73 Å². The van der Waals surface area contributed by atoms with E-state index < -0.39 is 0 Å². The first-order chi connectivity index (χ1) is 2.41. The Morgan fingerprint density at radius 1 is 1.50 bits per heavy atom. The summed E-state index contributed by atoms with van der Waals surface area (Å²) in [6.07, 6.45) is 2.39. The smallest absolute Gasteiger partial charge is 0 e. The van der Waals surface area contributed by atoms with Crippen LogP contribution in [0.25, 0.3) is 0 Å². The van der Waals surface area contributed by atoms with Gasteiger partial charge in [0.1, 0.15) is 0 Å². The second-order valence-corrected chi connectivity index (χ2v) is 1.14. The summed E-state index contributed by atoms with van der Waals surface area (Å²) in [5.41, 5.74) is 5.14. The van der Waals surface area contributed by atoms with Crippen LogP contribution >= 0.6 is 0 Å². The van der Waals surface area contributed by atoms with Crippen molar-refractivity contribution in [2.45, 2.75) is 19.8 Å². The molecule has 0 aromatic rings. The molecule has 0 radical (unpaired) electrons. The Morgan fingerprint density at radius 3 is 2.00 bits per heavy atom. The van der Waals surface area contributed by atoms with Crippen LogP contribution in [-0.4, -0.2) is 6.54 Å². The first kappa shape index (κ1) is 9.95. The van der Waals surface area contributed by atoms with Gasteiger partial charge in [-0.2, -0.15) is 0 Å². The van der Waals surface area contributed by atoms with Gasteiger partial charge in [-0.3, -0.25) is 0 Å². The van der Waals surface area contributed by atoms with Gasteiger partial charge in [0.05, 0.1) is 0 Å². The SMILES string of the molecule is CCCCN.[Hf]. The first-order valence-electron chi connectivity index (χ1n) is 2.12. The van der Waals surface area contributed by atoms with Crippen molar-refractivity contribution in [3.8, 4) is 0 Å². The topological polar surface area (TPSA) is 26.0 Å². The average molecular weight is 252 g/mol. The molecule has 0 atom stereocenters. The molecule has 0 amide bonds. The third-order valence-corrected chi connectivity index (χ3v) is 0.558. The summed E-state index contributed by atoms with van der Waals surface area (Å²) < 4.78 is 0. The molecule has 0 aromatic heterocycles. The summed E-state index contributed by atoms with van der Waals surface area (Å²) in [5, 5.41) is 0. The van der Waals surface area contributed by atoms with Gasteiger partial charge < -0.3 is 5.73 Å². The summed E-state index contributed by atoms with van der Waals surface area (Å²) in [5.74, 6) is 0. The van der Waals surface area contributed by atoms with Crippen molar-refractivity contribution >= 4 is 0 Å². The summed E-state index contributed by atoms with van der Waals surface area (Å²) in [7, 11) is 0. The van der Waals surface area contributed by atoms with Crippen molar-refractivity contribution < 1.29 is 25.8 Å². The maximum absolute atomic E-state index is 5.14. The predicted molar refractivity (Wildman–Crippen MR) is 24.0 cm³/mol. The molecule has 0 bridgehead atoms. The van der Waals surface area contributed by atoms with Crippen LogP contribution in [0.2, 0.25) is 0 Å². The fourth-order valence-electron chi connectivity index (χ4n) is 0.204. The maximum Gasteiger partial charge on any atom is 0 e.